The van der Waals surface area contributed by atoms with Crippen molar-refractivity contribution in [3.05, 3.63) is 65.7 Å². The van der Waals surface area contributed by atoms with Gasteiger partial charge in [-0.15, -0.1) is 0 Å². The second kappa shape index (κ2) is 8.33. The summed E-state index contributed by atoms with van der Waals surface area (Å²) in [4.78, 5) is 9.18. The van der Waals surface area contributed by atoms with Gasteiger partial charge in [0.05, 0.1) is 5.69 Å². The molecule has 1 atom stereocenters. The van der Waals surface area contributed by atoms with E-state index in [-0.39, 0.29) is 12.4 Å². The minimum absolute atomic E-state index is 0.183. The molecule has 0 spiro atoms. The molecule has 2 heterocycles. The van der Waals surface area contributed by atoms with Crippen molar-refractivity contribution in [2.75, 3.05) is 26.2 Å². The first-order valence-electron chi connectivity index (χ1n) is 8.46. The summed E-state index contributed by atoms with van der Waals surface area (Å²) in [5, 5.41) is 9.41. The molecule has 1 saturated heterocycles. The van der Waals surface area contributed by atoms with E-state index in [0.717, 1.165) is 50.4 Å². The maximum atomic E-state index is 13.1. The maximum Gasteiger partial charge on any atom is 0.123 e. The Morgan fingerprint density at radius 2 is 1.92 bits per heavy atom. The van der Waals surface area contributed by atoms with E-state index < -0.39 is 0 Å². The summed E-state index contributed by atoms with van der Waals surface area (Å²) < 4.78 is 13.1. The molecule has 1 aromatic heterocycles. The van der Waals surface area contributed by atoms with Gasteiger partial charge in [0.2, 0.25) is 0 Å². The lowest BCUT2D eigenvalue weighted by Gasteiger charge is -2.41. The SMILES string of the molecule is OCCC1CN(Cc2ccccn2)CCN1Cc1ccc(F)cc1. The first-order valence-corrected chi connectivity index (χ1v) is 8.46. The van der Waals surface area contributed by atoms with E-state index in [1.54, 1.807) is 0 Å². The largest absolute Gasteiger partial charge is 0.396 e. The van der Waals surface area contributed by atoms with Crippen LogP contribution in [0.1, 0.15) is 17.7 Å². The average Bonchev–Trinajstić information content (AvgIpc) is 2.60. The number of pyridine rings is 1. The van der Waals surface area contributed by atoms with Gasteiger partial charge in [0.15, 0.2) is 0 Å². The molecule has 1 unspecified atom stereocenters. The van der Waals surface area contributed by atoms with Crippen LogP contribution in [-0.2, 0) is 13.1 Å². The molecule has 1 N–H and O–H groups in total. The number of hydrogen-bond donors (Lipinski definition) is 1. The number of aliphatic hydroxyl groups is 1. The molecule has 0 saturated carbocycles. The highest BCUT2D eigenvalue weighted by atomic mass is 19.1. The molecule has 2 aromatic rings. The van der Waals surface area contributed by atoms with Crippen LogP contribution in [0.25, 0.3) is 0 Å². The first kappa shape index (κ1) is 17.0. The van der Waals surface area contributed by atoms with Crippen molar-refractivity contribution in [1.82, 2.24) is 14.8 Å². The minimum Gasteiger partial charge on any atom is -0.396 e. The Hall–Kier alpha value is -1.82. The number of rotatable bonds is 6. The normalized spacial score (nSPS) is 19.5. The monoisotopic (exact) mass is 329 g/mol. The maximum absolute atomic E-state index is 13.1. The van der Waals surface area contributed by atoms with Crippen molar-refractivity contribution in [1.29, 1.82) is 0 Å². The van der Waals surface area contributed by atoms with Gasteiger partial charge in [0.1, 0.15) is 5.82 Å². The molecule has 24 heavy (non-hydrogen) atoms. The Labute approximate surface area is 142 Å². The minimum atomic E-state index is -0.203. The Morgan fingerprint density at radius 1 is 1.08 bits per heavy atom. The number of hydrogen-bond acceptors (Lipinski definition) is 4. The highest BCUT2D eigenvalue weighted by molar-refractivity contribution is 5.16. The zero-order chi connectivity index (χ0) is 16.8. The smallest absolute Gasteiger partial charge is 0.123 e. The molecule has 0 amide bonds. The topological polar surface area (TPSA) is 39.6 Å². The van der Waals surface area contributed by atoms with Crippen molar-refractivity contribution >= 4 is 0 Å². The van der Waals surface area contributed by atoms with Crippen LogP contribution in [0.3, 0.4) is 0 Å². The molecule has 0 bridgehead atoms. The van der Waals surface area contributed by atoms with E-state index in [2.05, 4.69) is 14.8 Å². The van der Waals surface area contributed by atoms with Gasteiger partial charge in [-0.05, 0) is 36.2 Å². The Morgan fingerprint density at radius 3 is 2.62 bits per heavy atom. The van der Waals surface area contributed by atoms with Crippen LogP contribution in [0.15, 0.2) is 48.7 Å². The van der Waals surface area contributed by atoms with Gasteiger partial charge < -0.3 is 5.11 Å². The van der Waals surface area contributed by atoms with Crippen molar-refractivity contribution in [3.8, 4) is 0 Å². The van der Waals surface area contributed by atoms with E-state index >= 15 is 0 Å². The van der Waals surface area contributed by atoms with E-state index in [1.165, 1.54) is 12.1 Å². The predicted octanol–water partition coefficient (Wildman–Crippen LogP) is 2.29. The van der Waals surface area contributed by atoms with Crippen LogP contribution in [0.4, 0.5) is 4.39 Å². The highest BCUT2D eigenvalue weighted by Crippen LogP contribution is 2.18. The Balaban J connectivity index is 1.61. The van der Waals surface area contributed by atoms with Gasteiger partial charge in [-0.2, -0.15) is 0 Å². The highest BCUT2D eigenvalue weighted by Gasteiger charge is 2.26. The summed E-state index contributed by atoms with van der Waals surface area (Å²) >= 11 is 0. The van der Waals surface area contributed by atoms with Crippen LogP contribution >= 0.6 is 0 Å². The number of halogens is 1. The number of benzene rings is 1. The van der Waals surface area contributed by atoms with Gasteiger partial charge in [0.25, 0.3) is 0 Å². The quantitative estimate of drug-likeness (QED) is 0.883. The second-order valence-corrected chi connectivity index (χ2v) is 6.32. The number of piperazine rings is 1. The fourth-order valence-corrected chi connectivity index (χ4v) is 3.28. The summed E-state index contributed by atoms with van der Waals surface area (Å²) in [6.07, 6.45) is 2.57. The van der Waals surface area contributed by atoms with Gasteiger partial charge in [-0.25, -0.2) is 4.39 Å². The fourth-order valence-electron chi connectivity index (χ4n) is 3.28. The molecule has 5 heteroatoms. The summed E-state index contributed by atoms with van der Waals surface area (Å²) in [6.45, 7) is 4.64. The molecule has 1 aliphatic rings. The van der Waals surface area contributed by atoms with Crippen LogP contribution in [0.5, 0.6) is 0 Å². The third kappa shape index (κ3) is 4.60. The van der Waals surface area contributed by atoms with E-state index in [4.69, 9.17) is 0 Å². The van der Waals surface area contributed by atoms with Gasteiger partial charge >= 0.3 is 0 Å². The van der Waals surface area contributed by atoms with Gasteiger partial charge in [-0.1, -0.05) is 18.2 Å². The molecule has 1 aromatic carbocycles. The Kier molecular flexibility index (Phi) is 5.91. The molecule has 1 fully saturated rings. The summed E-state index contributed by atoms with van der Waals surface area (Å²) in [7, 11) is 0. The van der Waals surface area contributed by atoms with Crippen LogP contribution in [-0.4, -0.2) is 52.2 Å². The standard InChI is InChI=1S/C19H24FN3O/c20-17-6-4-16(5-7-17)13-23-11-10-22(15-19(23)8-12-24)14-18-3-1-2-9-21-18/h1-7,9,19,24H,8,10-15H2. The summed E-state index contributed by atoms with van der Waals surface area (Å²) in [6, 6.07) is 13.0. The van der Waals surface area contributed by atoms with Crippen LogP contribution in [0, 0.1) is 5.82 Å². The fraction of sp³-hybridized carbons (Fsp3) is 0.421. The first-order chi connectivity index (χ1) is 11.7. The predicted molar refractivity (Wildman–Crippen MR) is 91.8 cm³/mol. The van der Waals surface area contributed by atoms with Crippen LogP contribution < -0.4 is 0 Å². The molecule has 0 radical (unpaired) electrons. The second-order valence-electron chi connectivity index (χ2n) is 6.32. The molecule has 128 valence electrons. The van der Waals surface area contributed by atoms with E-state index in [0.29, 0.717) is 6.04 Å². The molecule has 0 aliphatic carbocycles. The summed E-state index contributed by atoms with van der Waals surface area (Å²) in [5.74, 6) is -0.203. The average molecular weight is 329 g/mol. The molecule has 4 nitrogen and oxygen atoms in total. The zero-order valence-electron chi connectivity index (χ0n) is 13.8. The van der Waals surface area contributed by atoms with E-state index in [9.17, 15) is 9.50 Å². The lowest BCUT2D eigenvalue weighted by Crippen LogP contribution is -2.52. The number of aromatic nitrogens is 1. The molecule has 3 rings (SSSR count). The third-order valence-electron chi connectivity index (χ3n) is 4.56. The van der Waals surface area contributed by atoms with Crippen molar-refractivity contribution in [3.63, 3.8) is 0 Å². The van der Waals surface area contributed by atoms with E-state index in [1.807, 2.05) is 36.5 Å². The van der Waals surface area contributed by atoms with Gasteiger partial charge in [0, 0.05) is 51.6 Å². The number of aliphatic hydroxyl groups excluding tert-OH is 1. The van der Waals surface area contributed by atoms with Gasteiger partial charge in [-0.3, -0.25) is 14.8 Å². The molecular weight excluding hydrogens is 305 g/mol. The van der Waals surface area contributed by atoms with Crippen LogP contribution in [0.2, 0.25) is 0 Å². The lowest BCUT2D eigenvalue weighted by molar-refractivity contribution is 0.0494. The zero-order valence-corrected chi connectivity index (χ0v) is 13.8. The molecule has 1 aliphatic heterocycles. The van der Waals surface area contributed by atoms with Crippen molar-refractivity contribution < 1.29 is 9.50 Å². The van der Waals surface area contributed by atoms with Crippen molar-refractivity contribution in [2.24, 2.45) is 0 Å². The van der Waals surface area contributed by atoms with Crippen molar-refractivity contribution in [2.45, 2.75) is 25.6 Å². The number of nitrogens with zero attached hydrogens (tertiary/aromatic N) is 3. The summed E-state index contributed by atoms with van der Waals surface area (Å²) in [5.41, 5.74) is 2.18. The third-order valence-corrected chi connectivity index (χ3v) is 4.56. The molecular formula is C19H24FN3O. The Bertz CT molecular complexity index is 620. The lowest BCUT2D eigenvalue weighted by atomic mass is 10.1.